The lowest BCUT2D eigenvalue weighted by molar-refractivity contribution is -0.136. The first-order valence-corrected chi connectivity index (χ1v) is 9.38. The monoisotopic (exact) mass is 388 g/mol. The highest BCUT2D eigenvalue weighted by molar-refractivity contribution is 5.67. The summed E-state index contributed by atoms with van der Waals surface area (Å²) >= 11 is 0. The number of aryl methyl sites for hydroxylation is 1. The van der Waals surface area contributed by atoms with E-state index in [0.717, 1.165) is 11.1 Å². The average Bonchev–Trinajstić information content (AvgIpc) is 2.92. The minimum Gasteiger partial charge on any atom is -0.493 e. The molecule has 28 heavy (non-hydrogen) atoms. The van der Waals surface area contributed by atoms with Crippen LogP contribution in [0.15, 0.2) is 30.3 Å². The van der Waals surface area contributed by atoms with E-state index in [-0.39, 0.29) is 24.4 Å². The number of carbonyl (C=O) groups is 1. The zero-order valence-corrected chi connectivity index (χ0v) is 16.4. The Morgan fingerprint density at radius 1 is 1.21 bits per heavy atom. The van der Waals surface area contributed by atoms with Crippen LogP contribution in [0.3, 0.4) is 0 Å². The van der Waals surface area contributed by atoms with E-state index in [1.807, 2.05) is 20.8 Å². The Bertz CT molecular complexity index is 875. The lowest BCUT2D eigenvalue weighted by Crippen LogP contribution is -2.25. The van der Waals surface area contributed by atoms with Gasteiger partial charge in [0.05, 0.1) is 6.61 Å². The normalized spacial score (nSPS) is 14.3. The molecule has 0 saturated heterocycles. The molecule has 6 heteroatoms. The number of hydrogen-bond acceptors (Lipinski definition) is 4. The smallest absolute Gasteiger partial charge is 0.303 e. The van der Waals surface area contributed by atoms with Gasteiger partial charge in [-0.1, -0.05) is 6.07 Å². The second-order valence-corrected chi connectivity index (χ2v) is 7.48. The summed E-state index contributed by atoms with van der Waals surface area (Å²) in [6.45, 7) is 6.43. The third-order valence-electron chi connectivity index (χ3n) is 4.54. The highest BCUT2D eigenvalue weighted by atomic mass is 19.1. The number of hydrogen-bond donors (Lipinski definition) is 1. The number of rotatable bonds is 8. The highest BCUT2D eigenvalue weighted by Crippen LogP contribution is 2.39. The molecule has 0 aliphatic carbocycles. The van der Waals surface area contributed by atoms with Gasteiger partial charge in [-0.05, 0) is 51.0 Å². The molecule has 2 aromatic carbocycles. The fraction of sp³-hybridized carbons (Fsp3) is 0.409. The number of carboxylic acid groups (broad SMARTS) is 1. The first-order chi connectivity index (χ1) is 13.3. The van der Waals surface area contributed by atoms with Crippen molar-refractivity contribution < 1.29 is 28.5 Å². The van der Waals surface area contributed by atoms with E-state index < -0.39 is 5.97 Å². The van der Waals surface area contributed by atoms with Crippen molar-refractivity contribution in [3.05, 3.63) is 52.8 Å². The maximum absolute atomic E-state index is 14.0. The SMILES string of the molecule is CCOc1cc(OCc2cc(F)cc3c2OC(C)(C)C3)ccc1CCC(=O)O. The van der Waals surface area contributed by atoms with E-state index >= 15 is 0 Å². The summed E-state index contributed by atoms with van der Waals surface area (Å²) < 4.78 is 31.5. The van der Waals surface area contributed by atoms with Crippen LogP contribution < -0.4 is 14.2 Å². The topological polar surface area (TPSA) is 65.0 Å². The van der Waals surface area contributed by atoms with Crippen LogP contribution in [0.4, 0.5) is 4.39 Å². The van der Waals surface area contributed by atoms with Gasteiger partial charge < -0.3 is 19.3 Å². The van der Waals surface area contributed by atoms with Crippen molar-refractivity contribution in [2.45, 2.75) is 52.2 Å². The molecule has 0 amide bonds. The molecular weight excluding hydrogens is 363 g/mol. The fourth-order valence-electron chi connectivity index (χ4n) is 3.38. The minimum atomic E-state index is -0.856. The molecule has 1 aliphatic rings. The zero-order valence-electron chi connectivity index (χ0n) is 16.4. The molecule has 150 valence electrons. The number of aliphatic carboxylic acids is 1. The predicted octanol–water partition coefficient (Wildman–Crippen LogP) is 4.53. The van der Waals surface area contributed by atoms with Crippen molar-refractivity contribution in [1.82, 2.24) is 0 Å². The zero-order chi connectivity index (χ0) is 20.3. The molecule has 0 atom stereocenters. The van der Waals surface area contributed by atoms with Crippen molar-refractivity contribution in [2.75, 3.05) is 6.61 Å². The second kappa shape index (κ2) is 8.09. The highest BCUT2D eigenvalue weighted by Gasteiger charge is 2.32. The molecule has 1 N–H and O–H groups in total. The van der Waals surface area contributed by atoms with E-state index in [9.17, 15) is 9.18 Å². The molecule has 0 radical (unpaired) electrons. The number of carboxylic acids is 1. The van der Waals surface area contributed by atoms with E-state index in [0.29, 0.717) is 42.3 Å². The Kier molecular flexibility index (Phi) is 5.77. The van der Waals surface area contributed by atoms with Crippen molar-refractivity contribution >= 4 is 5.97 Å². The van der Waals surface area contributed by atoms with Gasteiger partial charge >= 0.3 is 5.97 Å². The van der Waals surface area contributed by atoms with Gasteiger partial charge in [0, 0.05) is 30.0 Å². The molecule has 1 aliphatic heterocycles. The van der Waals surface area contributed by atoms with Crippen LogP contribution in [0.2, 0.25) is 0 Å². The summed E-state index contributed by atoms with van der Waals surface area (Å²) in [5.41, 5.74) is 1.96. The number of fused-ring (bicyclic) bond motifs is 1. The van der Waals surface area contributed by atoms with Gasteiger partial charge in [-0.25, -0.2) is 4.39 Å². The summed E-state index contributed by atoms with van der Waals surface area (Å²) in [7, 11) is 0. The molecule has 5 nitrogen and oxygen atoms in total. The lowest BCUT2D eigenvalue weighted by Gasteiger charge is -2.18. The summed E-state index contributed by atoms with van der Waals surface area (Å²) in [4.78, 5) is 10.8. The number of ether oxygens (including phenoxy) is 3. The van der Waals surface area contributed by atoms with E-state index in [2.05, 4.69) is 0 Å². The van der Waals surface area contributed by atoms with E-state index in [1.165, 1.54) is 12.1 Å². The average molecular weight is 388 g/mol. The van der Waals surface area contributed by atoms with E-state index in [1.54, 1.807) is 18.2 Å². The van der Waals surface area contributed by atoms with Gasteiger partial charge in [0.15, 0.2) is 0 Å². The lowest BCUT2D eigenvalue weighted by atomic mass is 10.0. The van der Waals surface area contributed by atoms with Crippen molar-refractivity contribution in [2.24, 2.45) is 0 Å². The molecule has 0 bridgehead atoms. The Hall–Kier alpha value is -2.76. The van der Waals surface area contributed by atoms with Crippen molar-refractivity contribution in [1.29, 1.82) is 0 Å². The van der Waals surface area contributed by atoms with Gasteiger partial charge in [0.1, 0.15) is 35.3 Å². The summed E-state index contributed by atoms with van der Waals surface area (Å²) in [6.07, 6.45) is 1.06. The molecule has 0 spiro atoms. The molecular formula is C22H25FO5. The largest absolute Gasteiger partial charge is 0.493 e. The van der Waals surface area contributed by atoms with Gasteiger partial charge in [0.2, 0.25) is 0 Å². The van der Waals surface area contributed by atoms with Crippen LogP contribution in [0.1, 0.15) is 43.9 Å². The Morgan fingerprint density at radius 2 is 2.00 bits per heavy atom. The van der Waals surface area contributed by atoms with E-state index in [4.69, 9.17) is 19.3 Å². The predicted molar refractivity (Wildman–Crippen MR) is 103 cm³/mol. The van der Waals surface area contributed by atoms with Crippen LogP contribution in [0, 0.1) is 5.82 Å². The maximum Gasteiger partial charge on any atom is 0.303 e. The van der Waals surface area contributed by atoms with Gasteiger partial charge in [-0.3, -0.25) is 4.79 Å². The Balaban J connectivity index is 1.77. The summed E-state index contributed by atoms with van der Waals surface area (Å²) in [5, 5.41) is 8.89. The minimum absolute atomic E-state index is 0.0306. The molecule has 3 rings (SSSR count). The number of benzene rings is 2. The quantitative estimate of drug-likeness (QED) is 0.720. The van der Waals surface area contributed by atoms with Crippen LogP contribution in [-0.2, 0) is 24.2 Å². The maximum atomic E-state index is 14.0. The Labute approximate surface area is 164 Å². The summed E-state index contributed by atoms with van der Waals surface area (Å²) in [6, 6.07) is 8.26. The van der Waals surface area contributed by atoms with Crippen molar-refractivity contribution in [3.63, 3.8) is 0 Å². The first-order valence-electron chi connectivity index (χ1n) is 9.38. The standard InChI is InChI=1S/C22H25FO5/c1-4-26-19-11-18(7-5-14(19)6-8-20(24)25)27-13-16-10-17(23)9-15-12-22(2,3)28-21(15)16/h5,7,9-11H,4,6,8,12-13H2,1-3H3,(H,24,25). The molecule has 0 unspecified atom stereocenters. The van der Waals surface area contributed by atoms with Crippen LogP contribution in [0.25, 0.3) is 0 Å². The Morgan fingerprint density at radius 3 is 2.71 bits per heavy atom. The first kappa shape index (κ1) is 20.0. The van der Waals surface area contributed by atoms with Gasteiger partial charge in [-0.15, -0.1) is 0 Å². The molecule has 0 fully saturated rings. The third kappa shape index (κ3) is 4.74. The number of halogens is 1. The van der Waals surface area contributed by atoms with Gasteiger partial charge in [0.25, 0.3) is 0 Å². The van der Waals surface area contributed by atoms with Crippen LogP contribution >= 0.6 is 0 Å². The summed E-state index contributed by atoms with van der Waals surface area (Å²) in [5.74, 6) is 0.693. The molecule has 1 heterocycles. The van der Waals surface area contributed by atoms with Crippen LogP contribution in [-0.4, -0.2) is 23.3 Å². The van der Waals surface area contributed by atoms with Crippen LogP contribution in [0.5, 0.6) is 17.2 Å². The van der Waals surface area contributed by atoms with Crippen molar-refractivity contribution in [3.8, 4) is 17.2 Å². The van der Waals surface area contributed by atoms with Gasteiger partial charge in [-0.2, -0.15) is 0 Å². The third-order valence-corrected chi connectivity index (χ3v) is 4.54. The fourth-order valence-corrected chi connectivity index (χ4v) is 3.38. The molecule has 0 aromatic heterocycles. The molecule has 2 aromatic rings. The molecule has 0 saturated carbocycles. The second-order valence-electron chi connectivity index (χ2n) is 7.48.